The van der Waals surface area contributed by atoms with Gasteiger partial charge in [0.2, 0.25) is 11.8 Å². The summed E-state index contributed by atoms with van der Waals surface area (Å²) in [5.41, 5.74) is 3.01. The van der Waals surface area contributed by atoms with Gasteiger partial charge in [0.1, 0.15) is 0 Å². The molecule has 5 heteroatoms. The summed E-state index contributed by atoms with van der Waals surface area (Å²) in [6, 6.07) is 5.70. The number of amides is 2. The summed E-state index contributed by atoms with van der Waals surface area (Å²) >= 11 is 0. The smallest absolute Gasteiger partial charge is 0.238 e. The predicted octanol–water partition coefficient (Wildman–Crippen LogP) is 3.65. The van der Waals surface area contributed by atoms with E-state index in [2.05, 4.69) is 10.6 Å². The van der Waals surface area contributed by atoms with Crippen LogP contribution in [0.1, 0.15) is 56.6 Å². The monoisotopic (exact) mass is 397 g/mol. The highest BCUT2D eigenvalue weighted by Crippen LogP contribution is 2.55. The standard InChI is InChI=1S/C24H35N3O2/c1-15-5-6-16(2)21(7-15)25-22(28)14-27(4)17(3)23(29)26-24-11-18-8-19(12-24)10-20(9-18)13-24/h5-7,17-20H,8-14H2,1-4H3,(H,25,28)(H,26,29)/t17-,18?,19?,20?,24?/m1/s1. The summed E-state index contributed by atoms with van der Waals surface area (Å²) in [6.07, 6.45) is 7.53. The number of hydrogen-bond acceptors (Lipinski definition) is 3. The van der Waals surface area contributed by atoms with Crippen LogP contribution in [0, 0.1) is 31.6 Å². The minimum atomic E-state index is -0.327. The Morgan fingerprint density at radius 1 is 1.10 bits per heavy atom. The summed E-state index contributed by atoms with van der Waals surface area (Å²) in [7, 11) is 1.85. The van der Waals surface area contributed by atoms with Crippen molar-refractivity contribution in [3.05, 3.63) is 29.3 Å². The number of carbonyl (C=O) groups excluding carboxylic acids is 2. The van der Waals surface area contributed by atoms with Crippen LogP contribution in [0.25, 0.3) is 0 Å². The molecule has 5 rings (SSSR count). The van der Waals surface area contributed by atoms with Crippen molar-refractivity contribution >= 4 is 17.5 Å². The number of hydrogen-bond donors (Lipinski definition) is 2. The largest absolute Gasteiger partial charge is 0.349 e. The fourth-order valence-corrected chi connectivity index (χ4v) is 6.25. The Morgan fingerprint density at radius 2 is 1.69 bits per heavy atom. The van der Waals surface area contributed by atoms with Crippen molar-refractivity contribution in [3.63, 3.8) is 0 Å². The van der Waals surface area contributed by atoms with Gasteiger partial charge in [-0.25, -0.2) is 0 Å². The molecule has 2 amide bonds. The lowest BCUT2D eigenvalue weighted by molar-refractivity contribution is -0.131. The van der Waals surface area contributed by atoms with Crippen LogP contribution in [0.3, 0.4) is 0 Å². The summed E-state index contributed by atoms with van der Waals surface area (Å²) < 4.78 is 0. The quantitative estimate of drug-likeness (QED) is 0.770. The lowest BCUT2D eigenvalue weighted by Crippen LogP contribution is -2.62. The number of nitrogens with one attached hydrogen (secondary N) is 2. The van der Waals surface area contributed by atoms with Crippen molar-refractivity contribution in [2.75, 3.05) is 18.9 Å². The summed E-state index contributed by atoms with van der Waals surface area (Å²) in [4.78, 5) is 27.4. The molecule has 2 N–H and O–H groups in total. The van der Waals surface area contributed by atoms with Gasteiger partial charge in [-0.1, -0.05) is 12.1 Å². The number of anilines is 1. The average molecular weight is 398 g/mol. The molecule has 0 unspecified atom stereocenters. The third-order valence-electron chi connectivity index (χ3n) is 7.53. The van der Waals surface area contributed by atoms with Gasteiger partial charge in [0.05, 0.1) is 12.6 Å². The molecule has 0 spiro atoms. The normalized spacial score (nSPS) is 31.0. The zero-order valence-corrected chi connectivity index (χ0v) is 18.3. The molecule has 29 heavy (non-hydrogen) atoms. The van der Waals surface area contributed by atoms with E-state index in [1.54, 1.807) is 0 Å². The maximum atomic E-state index is 13.0. The second-order valence-electron chi connectivity index (χ2n) is 10.1. The zero-order valence-electron chi connectivity index (χ0n) is 18.3. The summed E-state index contributed by atoms with van der Waals surface area (Å²) in [6.45, 7) is 6.10. The highest BCUT2D eigenvalue weighted by molar-refractivity contribution is 5.93. The Hall–Kier alpha value is -1.88. The predicted molar refractivity (Wildman–Crippen MR) is 116 cm³/mol. The Labute approximate surface area is 174 Å². The molecule has 1 aromatic rings. The highest BCUT2D eigenvalue weighted by atomic mass is 16.2. The van der Waals surface area contributed by atoms with Gasteiger partial charge in [0.25, 0.3) is 0 Å². The first-order valence-corrected chi connectivity index (χ1v) is 11.1. The van der Waals surface area contributed by atoms with Crippen LogP contribution in [0.15, 0.2) is 18.2 Å². The van der Waals surface area contributed by atoms with Crippen LogP contribution in [-0.4, -0.2) is 41.9 Å². The third-order valence-corrected chi connectivity index (χ3v) is 7.53. The Morgan fingerprint density at radius 3 is 2.28 bits per heavy atom. The molecule has 158 valence electrons. The van der Waals surface area contributed by atoms with E-state index in [1.807, 2.05) is 50.9 Å². The van der Waals surface area contributed by atoms with Crippen molar-refractivity contribution in [3.8, 4) is 0 Å². The minimum Gasteiger partial charge on any atom is -0.349 e. The molecular weight excluding hydrogens is 362 g/mol. The molecule has 1 atom stereocenters. The lowest BCUT2D eigenvalue weighted by atomic mass is 9.53. The first-order valence-electron chi connectivity index (χ1n) is 11.1. The molecule has 4 aliphatic carbocycles. The van der Waals surface area contributed by atoms with E-state index in [4.69, 9.17) is 0 Å². The molecule has 1 aromatic carbocycles. The van der Waals surface area contributed by atoms with E-state index in [0.717, 1.165) is 53.8 Å². The Kier molecular flexibility index (Phi) is 5.45. The van der Waals surface area contributed by atoms with E-state index in [1.165, 1.54) is 19.3 Å². The highest BCUT2D eigenvalue weighted by Gasteiger charge is 2.51. The van der Waals surface area contributed by atoms with Crippen molar-refractivity contribution in [1.82, 2.24) is 10.2 Å². The lowest BCUT2D eigenvalue weighted by Gasteiger charge is -2.57. The fraction of sp³-hybridized carbons (Fsp3) is 0.667. The van der Waals surface area contributed by atoms with Gasteiger partial charge in [-0.2, -0.15) is 0 Å². The molecule has 4 aliphatic rings. The molecular formula is C24H35N3O2. The first-order chi connectivity index (χ1) is 13.7. The average Bonchev–Trinajstić information content (AvgIpc) is 2.62. The van der Waals surface area contributed by atoms with Gasteiger partial charge in [-0.05, 0) is 101 Å². The second kappa shape index (κ2) is 7.75. The van der Waals surface area contributed by atoms with Crippen molar-refractivity contribution in [2.24, 2.45) is 17.8 Å². The molecule has 0 saturated heterocycles. The summed E-state index contributed by atoms with van der Waals surface area (Å²) in [5, 5.41) is 6.42. The van der Waals surface area contributed by atoms with Gasteiger partial charge in [0.15, 0.2) is 0 Å². The Bertz CT molecular complexity index is 768. The molecule has 0 aromatic heterocycles. The number of rotatable bonds is 6. The molecule has 5 nitrogen and oxygen atoms in total. The van der Waals surface area contributed by atoms with E-state index in [-0.39, 0.29) is 29.9 Å². The van der Waals surface area contributed by atoms with Crippen LogP contribution < -0.4 is 10.6 Å². The number of aryl methyl sites for hydroxylation is 2. The van der Waals surface area contributed by atoms with Gasteiger partial charge < -0.3 is 10.6 Å². The maximum absolute atomic E-state index is 13.0. The zero-order chi connectivity index (χ0) is 20.8. The maximum Gasteiger partial charge on any atom is 0.238 e. The topological polar surface area (TPSA) is 61.4 Å². The number of carbonyl (C=O) groups is 2. The van der Waals surface area contributed by atoms with Crippen LogP contribution in [0.2, 0.25) is 0 Å². The van der Waals surface area contributed by atoms with E-state index < -0.39 is 0 Å². The third kappa shape index (κ3) is 4.35. The van der Waals surface area contributed by atoms with Crippen LogP contribution >= 0.6 is 0 Å². The van der Waals surface area contributed by atoms with Gasteiger partial charge in [0, 0.05) is 11.2 Å². The van der Waals surface area contributed by atoms with E-state index in [9.17, 15) is 9.59 Å². The number of nitrogens with zero attached hydrogens (tertiary/aromatic N) is 1. The van der Waals surface area contributed by atoms with Gasteiger partial charge in [-0.3, -0.25) is 14.5 Å². The molecule has 4 fully saturated rings. The molecule has 4 saturated carbocycles. The first kappa shape index (κ1) is 20.4. The van der Waals surface area contributed by atoms with Crippen LogP contribution in [0.4, 0.5) is 5.69 Å². The van der Waals surface area contributed by atoms with E-state index >= 15 is 0 Å². The summed E-state index contributed by atoms with van der Waals surface area (Å²) in [5.74, 6) is 2.39. The van der Waals surface area contributed by atoms with Crippen molar-refractivity contribution < 1.29 is 9.59 Å². The molecule has 0 heterocycles. The molecule has 0 radical (unpaired) electrons. The number of benzene rings is 1. The Balaban J connectivity index is 1.33. The van der Waals surface area contributed by atoms with Crippen LogP contribution in [0.5, 0.6) is 0 Å². The van der Waals surface area contributed by atoms with Crippen molar-refractivity contribution in [1.29, 1.82) is 0 Å². The second-order valence-corrected chi connectivity index (χ2v) is 10.1. The molecule has 0 aliphatic heterocycles. The molecule has 4 bridgehead atoms. The van der Waals surface area contributed by atoms with Crippen LogP contribution in [-0.2, 0) is 9.59 Å². The minimum absolute atomic E-state index is 0.0157. The fourth-order valence-electron chi connectivity index (χ4n) is 6.25. The SMILES string of the molecule is Cc1ccc(C)c(NC(=O)CN(C)[C@H](C)C(=O)NC23CC4CC(CC(C4)C2)C3)c1. The van der Waals surface area contributed by atoms with E-state index in [0.29, 0.717) is 0 Å². The van der Waals surface area contributed by atoms with Crippen molar-refractivity contribution in [2.45, 2.75) is 70.9 Å². The van der Waals surface area contributed by atoms with Gasteiger partial charge in [-0.15, -0.1) is 0 Å². The number of likely N-dealkylation sites (N-methyl/N-ethyl adjacent to an activating group) is 1. The van der Waals surface area contributed by atoms with Gasteiger partial charge >= 0.3 is 0 Å².